The molecule has 0 aliphatic rings. The first-order valence-corrected chi connectivity index (χ1v) is 9.25. The van der Waals surface area contributed by atoms with Crippen molar-refractivity contribution in [1.29, 1.82) is 0 Å². The fourth-order valence-corrected chi connectivity index (χ4v) is 2.94. The highest BCUT2D eigenvalue weighted by atomic mass is 35.5. The van der Waals surface area contributed by atoms with Crippen LogP contribution in [0.5, 0.6) is 0 Å². The third-order valence-corrected chi connectivity index (χ3v) is 4.62. The first-order valence-electron chi connectivity index (χ1n) is 8.87. The van der Waals surface area contributed by atoms with Crippen LogP contribution in [0.15, 0.2) is 67.0 Å². The summed E-state index contributed by atoms with van der Waals surface area (Å²) >= 11 is 5.99. The fourth-order valence-electron chi connectivity index (χ4n) is 2.82. The second-order valence-electron chi connectivity index (χ2n) is 6.34. The van der Waals surface area contributed by atoms with Gasteiger partial charge in [-0.3, -0.25) is 4.79 Å². The monoisotopic (exact) mass is 409 g/mol. The number of nitrogens with zero attached hydrogens (tertiary/aromatic N) is 2. The van der Waals surface area contributed by atoms with Crippen LogP contribution in [0.25, 0.3) is 6.08 Å². The highest BCUT2D eigenvalue weighted by Gasteiger charge is 2.19. The van der Waals surface area contributed by atoms with Crippen LogP contribution in [-0.2, 0) is 16.6 Å². The van der Waals surface area contributed by atoms with Crippen molar-refractivity contribution in [3.8, 4) is 0 Å². The molecular weight excluding hydrogens is 390 g/mol. The largest absolute Gasteiger partial charge is 0.465 e. The molecule has 1 aromatic heterocycles. The van der Waals surface area contributed by atoms with Crippen molar-refractivity contribution in [3.63, 3.8) is 0 Å². The standard InChI is InChI=1S/C22H20ClN3O3/c1-26-14-13-24-21(26)20(16-8-10-18(23)11-9-16)25-19(27)12-5-15-3-6-17(7-4-15)22(28)29-2/h3-14,20H,1-2H3,(H,25,27)/b12-5+. The first-order chi connectivity index (χ1) is 14.0. The zero-order chi connectivity index (χ0) is 20.8. The van der Waals surface area contributed by atoms with E-state index < -0.39 is 12.0 Å². The molecule has 1 atom stereocenters. The predicted molar refractivity (Wildman–Crippen MR) is 111 cm³/mol. The Morgan fingerprint density at radius 3 is 2.41 bits per heavy atom. The van der Waals surface area contributed by atoms with Gasteiger partial charge in [0.15, 0.2) is 0 Å². The lowest BCUT2D eigenvalue weighted by Crippen LogP contribution is -2.29. The van der Waals surface area contributed by atoms with E-state index in [4.69, 9.17) is 11.6 Å². The summed E-state index contributed by atoms with van der Waals surface area (Å²) in [5.74, 6) is 0.0284. The van der Waals surface area contributed by atoms with E-state index in [9.17, 15) is 9.59 Å². The van der Waals surface area contributed by atoms with Gasteiger partial charge in [-0.15, -0.1) is 0 Å². The zero-order valence-electron chi connectivity index (χ0n) is 16.0. The Kier molecular flexibility index (Phi) is 6.46. The summed E-state index contributed by atoms with van der Waals surface area (Å²) in [5, 5.41) is 3.60. The molecule has 0 bridgehead atoms. The van der Waals surface area contributed by atoms with E-state index in [1.165, 1.54) is 13.2 Å². The van der Waals surface area contributed by atoms with E-state index in [2.05, 4.69) is 15.0 Å². The smallest absolute Gasteiger partial charge is 0.337 e. The maximum Gasteiger partial charge on any atom is 0.337 e. The number of hydrogen-bond donors (Lipinski definition) is 1. The molecule has 0 aliphatic heterocycles. The molecule has 7 heteroatoms. The third-order valence-electron chi connectivity index (χ3n) is 4.37. The minimum Gasteiger partial charge on any atom is -0.465 e. The number of amides is 1. The van der Waals surface area contributed by atoms with E-state index in [0.29, 0.717) is 16.4 Å². The van der Waals surface area contributed by atoms with Gasteiger partial charge in [0.2, 0.25) is 5.91 Å². The Morgan fingerprint density at radius 2 is 1.83 bits per heavy atom. The number of ether oxygens (including phenoxy) is 1. The number of aryl methyl sites for hydroxylation is 1. The van der Waals surface area contributed by atoms with Crippen molar-refractivity contribution in [3.05, 3.63) is 94.5 Å². The van der Waals surface area contributed by atoms with Gasteiger partial charge in [0.1, 0.15) is 11.9 Å². The number of nitrogens with one attached hydrogen (secondary N) is 1. The average molecular weight is 410 g/mol. The van der Waals surface area contributed by atoms with Gasteiger partial charge in [-0.25, -0.2) is 9.78 Å². The third kappa shape index (κ3) is 5.12. The lowest BCUT2D eigenvalue weighted by Gasteiger charge is -2.18. The predicted octanol–water partition coefficient (Wildman–Crippen LogP) is 3.78. The number of benzene rings is 2. The van der Waals surface area contributed by atoms with Gasteiger partial charge in [0, 0.05) is 30.5 Å². The molecule has 1 heterocycles. The summed E-state index contributed by atoms with van der Waals surface area (Å²) in [6.45, 7) is 0. The number of rotatable bonds is 6. The molecule has 0 radical (unpaired) electrons. The Hall–Kier alpha value is -3.38. The van der Waals surface area contributed by atoms with Gasteiger partial charge < -0.3 is 14.6 Å². The summed E-state index contributed by atoms with van der Waals surface area (Å²) in [6.07, 6.45) is 6.62. The number of carbonyl (C=O) groups is 2. The summed E-state index contributed by atoms with van der Waals surface area (Å²) in [5.41, 5.74) is 2.10. The van der Waals surface area contributed by atoms with Gasteiger partial charge in [-0.2, -0.15) is 0 Å². The molecule has 6 nitrogen and oxygen atoms in total. The Labute approximate surface area is 173 Å². The number of aromatic nitrogens is 2. The second-order valence-corrected chi connectivity index (χ2v) is 6.77. The minimum absolute atomic E-state index is 0.273. The highest BCUT2D eigenvalue weighted by molar-refractivity contribution is 6.30. The van der Waals surface area contributed by atoms with Crippen LogP contribution in [0.4, 0.5) is 0 Å². The van der Waals surface area contributed by atoms with Gasteiger partial charge in [-0.05, 0) is 41.5 Å². The fraction of sp³-hybridized carbons (Fsp3) is 0.136. The van der Waals surface area contributed by atoms with E-state index >= 15 is 0 Å². The van der Waals surface area contributed by atoms with Crippen molar-refractivity contribution in [2.75, 3.05) is 7.11 Å². The molecule has 2 aromatic carbocycles. The van der Waals surface area contributed by atoms with Crippen LogP contribution >= 0.6 is 11.6 Å². The number of hydrogen-bond acceptors (Lipinski definition) is 4. The van der Waals surface area contributed by atoms with Crippen molar-refractivity contribution in [2.45, 2.75) is 6.04 Å². The molecule has 29 heavy (non-hydrogen) atoms. The maximum absolute atomic E-state index is 12.6. The van der Waals surface area contributed by atoms with Gasteiger partial charge in [0.05, 0.1) is 12.7 Å². The lowest BCUT2D eigenvalue weighted by atomic mass is 10.1. The molecule has 0 saturated heterocycles. The van der Waals surface area contributed by atoms with E-state index in [0.717, 1.165) is 11.1 Å². The van der Waals surface area contributed by atoms with Crippen LogP contribution in [0, 0.1) is 0 Å². The molecule has 1 amide bonds. The maximum atomic E-state index is 12.6. The summed E-state index contributed by atoms with van der Waals surface area (Å²) in [7, 11) is 3.20. The van der Waals surface area contributed by atoms with Crippen molar-refractivity contribution < 1.29 is 14.3 Å². The van der Waals surface area contributed by atoms with Crippen molar-refractivity contribution >= 4 is 29.6 Å². The normalized spacial score (nSPS) is 12.0. The molecule has 0 aliphatic carbocycles. The molecule has 3 rings (SSSR count). The first kappa shape index (κ1) is 20.4. The minimum atomic E-state index is -0.425. The van der Waals surface area contributed by atoms with Crippen molar-refractivity contribution in [1.82, 2.24) is 14.9 Å². The quantitative estimate of drug-likeness (QED) is 0.496. The van der Waals surface area contributed by atoms with Crippen LogP contribution < -0.4 is 5.32 Å². The van der Waals surface area contributed by atoms with Crippen LogP contribution in [0.2, 0.25) is 5.02 Å². The van der Waals surface area contributed by atoms with Crippen LogP contribution in [0.3, 0.4) is 0 Å². The molecule has 0 saturated carbocycles. The molecule has 1 unspecified atom stereocenters. The molecule has 1 N–H and O–H groups in total. The summed E-state index contributed by atoms with van der Waals surface area (Å²) in [6, 6.07) is 13.6. The summed E-state index contributed by atoms with van der Waals surface area (Å²) < 4.78 is 6.53. The molecule has 3 aromatic rings. The zero-order valence-corrected chi connectivity index (χ0v) is 16.8. The van der Waals surface area contributed by atoms with Gasteiger partial charge >= 0.3 is 5.97 Å². The van der Waals surface area contributed by atoms with E-state index in [-0.39, 0.29) is 5.91 Å². The van der Waals surface area contributed by atoms with Crippen LogP contribution in [-0.4, -0.2) is 28.5 Å². The molecular formula is C22H20ClN3O3. The van der Waals surface area contributed by atoms with Gasteiger partial charge in [-0.1, -0.05) is 35.9 Å². The number of methoxy groups -OCH3 is 1. The van der Waals surface area contributed by atoms with E-state index in [1.54, 1.807) is 48.7 Å². The molecule has 0 spiro atoms. The summed E-state index contributed by atoms with van der Waals surface area (Å²) in [4.78, 5) is 28.4. The van der Waals surface area contributed by atoms with Gasteiger partial charge in [0.25, 0.3) is 0 Å². The number of carbonyl (C=O) groups excluding carboxylic acids is 2. The Morgan fingerprint density at radius 1 is 1.14 bits per heavy atom. The lowest BCUT2D eigenvalue weighted by molar-refractivity contribution is -0.117. The Balaban J connectivity index is 1.76. The number of imidazole rings is 1. The SMILES string of the molecule is COC(=O)c1ccc(/C=C/C(=O)NC(c2ccc(Cl)cc2)c2nccn2C)cc1. The Bertz CT molecular complexity index is 1020. The van der Waals surface area contributed by atoms with Crippen LogP contribution in [0.1, 0.15) is 33.4 Å². The van der Waals surface area contributed by atoms with E-state index in [1.807, 2.05) is 29.9 Å². The van der Waals surface area contributed by atoms with Crippen molar-refractivity contribution in [2.24, 2.45) is 7.05 Å². The average Bonchev–Trinajstić information content (AvgIpc) is 3.16. The second kappa shape index (κ2) is 9.21. The highest BCUT2D eigenvalue weighted by Crippen LogP contribution is 2.22. The molecule has 0 fully saturated rings. The number of halogens is 1. The topological polar surface area (TPSA) is 73.2 Å². The number of esters is 1. The molecule has 148 valence electrons.